The Kier molecular flexibility index (Phi) is 14.5. The number of nitrogens with two attached hydrogens (primary N) is 2. The first-order valence-corrected chi connectivity index (χ1v) is 24.5. The minimum Gasteiger partial charge on any atom is -0.504 e. The normalized spacial score (nSPS) is 28.9. The van der Waals surface area contributed by atoms with Crippen molar-refractivity contribution in [2.75, 3.05) is 24.6 Å². The van der Waals surface area contributed by atoms with E-state index < -0.39 is 17.1 Å². The van der Waals surface area contributed by atoms with Crippen LogP contribution in [-0.2, 0) is 33.7 Å². The Hall–Kier alpha value is -3.36. The fraction of sp³-hybridized carbons (Fsp3) is 0.689. The second kappa shape index (κ2) is 19.6. The second-order valence-corrected chi connectivity index (χ2v) is 21.1. The average Bonchev–Trinajstić information content (AvgIpc) is 3.94. The lowest BCUT2D eigenvalue weighted by atomic mass is 9.72. The lowest BCUT2D eigenvalue weighted by Crippen LogP contribution is -2.47. The van der Waals surface area contributed by atoms with Crippen molar-refractivity contribution < 1.29 is 29.3 Å². The van der Waals surface area contributed by atoms with Gasteiger partial charge >= 0.3 is 5.97 Å². The largest absolute Gasteiger partial charge is 0.504 e. The number of aliphatic hydroxyl groups excluding tert-OH is 1. The van der Waals surface area contributed by atoms with E-state index in [0.717, 1.165) is 100 Å². The smallest absolute Gasteiger partial charge is 0.303 e. The number of esters is 1. The monoisotopic (exact) mass is 850 g/mol. The number of aromatic hydroxyl groups is 1. The third-order valence-electron chi connectivity index (χ3n) is 13.5. The third kappa shape index (κ3) is 11.5. The molecular weight excluding hydrogens is 785 g/mol. The molecule has 7 N–H and O–H groups in total. The number of aryl methyl sites for hydroxylation is 1. The quantitative estimate of drug-likeness (QED) is 0.147. The number of pyridine rings is 1. The van der Waals surface area contributed by atoms with E-state index >= 15 is 0 Å². The summed E-state index contributed by atoms with van der Waals surface area (Å²) in [7, 11) is 3.81. The molecule has 4 atom stereocenters. The van der Waals surface area contributed by atoms with Gasteiger partial charge in [-0.15, -0.1) is 0 Å². The number of amides is 1. The van der Waals surface area contributed by atoms with Gasteiger partial charge < -0.3 is 41.4 Å². The van der Waals surface area contributed by atoms with Crippen LogP contribution in [0.15, 0.2) is 35.5 Å². The number of anilines is 1. The molecule has 1 spiro atoms. The van der Waals surface area contributed by atoms with E-state index in [2.05, 4.69) is 10.3 Å². The Balaban J connectivity index is 1.19. The lowest BCUT2D eigenvalue weighted by Gasteiger charge is -2.42. The molecule has 4 unspecified atom stereocenters. The molecule has 1 aromatic heterocycles. The van der Waals surface area contributed by atoms with Crippen LogP contribution in [0.3, 0.4) is 0 Å². The number of aliphatic hydroxyl groups is 1. The van der Waals surface area contributed by atoms with E-state index in [1.165, 1.54) is 6.92 Å². The molecule has 3 saturated carbocycles. The molecule has 12 nitrogen and oxygen atoms in total. The molecule has 1 amide bonds. The number of benzene rings is 1. The maximum atomic E-state index is 14.1. The van der Waals surface area contributed by atoms with Gasteiger partial charge in [-0.25, -0.2) is 4.98 Å². The summed E-state index contributed by atoms with van der Waals surface area (Å²) in [5.74, 6) is 2.29. The molecule has 8 rings (SSSR count). The number of aromatic nitrogens is 1. The minimum atomic E-state index is -0.776. The van der Waals surface area contributed by atoms with Gasteiger partial charge in [0, 0.05) is 62.3 Å². The molecule has 3 aliphatic carbocycles. The molecule has 1 saturated heterocycles. The first-order chi connectivity index (χ1) is 28.4. The number of fused-ring (bicyclic) bond motifs is 12. The van der Waals surface area contributed by atoms with Crippen molar-refractivity contribution in [3.8, 4) is 11.5 Å². The van der Waals surface area contributed by atoms with E-state index in [0.29, 0.717) is 81.1 Å². The van der Waals surface area contributed by atoms with E-state index in [1.54, 1.807) is 6.20 Å². The van der Waals surface area contributed by atoms with Gasteiger partial charge in [0.1, 0.15) is 11.4 Å². The summed E-state index contributed by atoms with van der Waals surface area (Å²) in [6.45, 7) is 2.62. The minimum absolute atomic E-state index is 0.0143. The van der Waals surface area contributed by atoms with Gasteiger partial charge in [-0.1, -0.05) is 53.3 Å². The van der Waals surface area contributed by atoms with Crippen LogP contribution in [0.2, 0.25) is 0 Å². The number of nitrogens with one attached hydrogen (secondary N) is 1. The van der Waals surface area contributed by atoms with E-state index in [9.17, 15) is 19.8 Å². The van der Waals surface area contributed by atoms with Crippen LogP contribution in [0, 0.1) is 11.3 Å². The number of nitrogen functional groups attached to an aromatic ring is 1. The number of hydrogen-bond acceptors (Lipinski definition) is 13. The molecule has 59 heavy (non-hydrogen) atoms. The van der Waals surface area contributed by atoms with Crippen LogP contribution >= 0.6 is 21.6 Å². The fourth-order valence-corrected chi connectivity index (χ4v) is 13.6. The van der Waals surface area contributed by atoms with Gasteiger partial charge in [0.25, 0.3) is 0 Å². The predicted octanol–water partition coefficient (Wildman–Crippen LogP) is 7.57. The maximum Gasteiger partial charge on any atom is 0.303 e. The standard InChI is InChI=1S/C45H66N6O6S2/c1-31(52)57-44-17-12-32-23-35(41(55)38(24-32)56-36-10-4-5-11-36)29-51-30-43(28-40(51)54,26-33-14-20-48-39(46)25-33)19-21-49-42(47)50-45(15-6-7-16-45)59-58-22-8-2-3-9-34(13-18-44)37(53)27-44/h14,20,23-25,34,36-37,53,55H,2-13,15-19,21-22,26-30H2,1H3,(H2,46,48)(H3,47,49,50). The van der Waals surface area contributed by atoms with Crippen LogP contribution in [-0.4, -0.2) is 79.5 Å². The van der Waals surface area contributed by atoms with Crippen molar-refractivity contribution in [1.29, 1.82) is 0 Å². The lowest BCUT2D eigenvalue weighted by molar-refractivity contribution is -0.168. The zero-order valence-corrected chi connectivity index (χ0v) is 36.6. The molecule has 1 aromatic carbocycles. The molecule has 3 aliphatic heterocycles. The van der Waals surface area contributed by atoms with Gasteiger partial charge in [-0.2, -0.15) is 0 Å². The van der Waals surface area contributed by atoms with Crippen molar-refractivity contribution in [3.63, 3.8) is 0 Å². The summed E-state index contributed by atoms with van der Waals surface area (Å²) in [4.78, 5) is 37.4. The summed E-state index contributed by atoms with van der Waals surface area (Å²) in [6, 6.07) is 7.74. The average molecular weight is 851 g/mol. The summed E-state index contributed by atoms with van der Waals surface area (Å²) in [5.41, 5.74) is 14.1. The number of carbonyl (C=O) groups is 2. The number of phenolic OH excluding ortho intramolecular Hbond substituents is 1. The number of aliphatic imine (C=N–C) groups is 1. The Labute approximate surface area is 358 Å². The Morgan fingerprint density at radius 2 is 1.80 bits per heavy atom. The van der Waals surface area contributed by atoms with Gasteiger partial charge in [-0.3, -0.25) is 14.6 Å². The molecule has 2 aromatic rings. The Morgan fingerprint density at radius 1 is 1.00 bits per heavy atom. The maximum absolute atomic E-state index is 14.1. The molecule has 6 bridgehead atoms. The number of phenols is 1. The zero-order chi connectivity index (χ0) is 41.5. The summed E-state index contributed by atoms with van der Waals surface area (Å²) in [5, 5.41) is 26.9. The molecular formula is C45H66N6O6S2. The summed E-state index contributed by atoms with van der Waals surface area (Å²) in [6.07, 6.45) is 18.4. The molecule has 0 radical (unpaired) electrons. The molecule has 324 valence electrons. The van der Waals surface area contributed by atoms with Gasteiger partial charge in [0.2, 0.25) is 5.91 Å². The number of rotatable bonds is 5. The van der Waals surface area contributed by atoms with Crippen LogP contribution < -0.4 is 21.5 Å². The summed E-state index contributed by atoms with van der Waals surface area (Å²) < 4.78 is 12.6. The number of ether oxygens (including phenoxy) is 2. The highest BCUT2D eigenvalue weighted by Crippen LogP contribution is 2.47. The molecule has 14 heteroatoms. The first-order valence-electron chi connectivity index (χ1n) is 22.2. The summed E-state index contributed by atoms with van der Waals surface area (Å²) >= 11 is 0. The van der Waals surface area contributed by atoms with E-state index in [4.69, 9.17) is 25.9 Å². The van der Waals surface area contributed by atoms with Gasteiger partial charge in [0.05, 0.1) is 17.1 Å². The first kappa shape index (κ1) is 43.7. The highest BCUT2D eigenvalue weighted by atomic mass is 33.1. The van der Waals surface area contributed by atoms with Crippen molar-refractivity contribution in [1.82, 2.24) is 15.2 Å². The highest BCUT2D eigenvalue weighted by Gasteiger charge is 2.45. The van der Waals surface area contributed by atoms with Crippen LogP contribution in [0.25, 0.3) is 0 Å². The Morgan fingerprint density at radius 3 is 2.56 bits per heavy atom. The van der Waals surface area contributed by atoms with Crippen molar-refractivity contribution in [2.24, 2.45) is 22.1 Å². The van der Waals surface area contributed by atoms with Gasteiger partial charge in [0.15, 0.2) is 17.5 Å². The Bertz CT molecular complexity index is 1800. The zero-order valence-electron chi connectivity index (χ0n) is 34.9. The predicted molar refractivity (Wildman–Crippen MR) is 236 cm³/mol. The van der Waals surface area contributed by atoms with Crippen LogP contribution in [0.5, 0.6) is 11.5 Å². The van der Waals surface area contributed by atoms with Crippen molar-refractivity contribution in [2.45, 2.75) is 165 Å². The number of guanidine groups is 1. The second-order valence-electron chi connectivity index (χ2n) is 18.3. The van der Waals surface area contributed by atoms with E-state index in [1.807, 2.05) is 50.8 Å². The van der Waals surface area contributed by atoms with E-state index in [-0.39, 0.29) is 41.1 Å². The molecule has 6 aliphatic rings. The highest BCUT2D eigenvalue weighted by molar-refractivity contribution is 8.77. The number of carbonyl (C=O) groups excluding carboxylic acids is 2. The fourth-order valence-electron chi connectivity index (χ4n) is 10.4. The molecule has 4 heterocycles. The van der Waals surface area contributed by atoms with Crippen LogP contribution in [0.4, 0.5) is 5.82 Å². The third-order valence-corrected chi connectivity index (χ3v) is 16.8. The SMILES string of the molecule is CC(=O)OC12CCc3cc(c(O)c(OC4CCCC4)c3)CN3CC(Cc4ccnc(N)c4)(CCN=C(N)NC4(CCCC4)SSCCCCCC(CC1)C(O)C2)CC3=O. The van der Waals surface area contributed by atoms with Crippen molar-refractivity contribution >= 4 is 45.2 Å². The topological polar surface area (TPSA) is 186 Å². The van der Waals surface area contributed by atoms with Gasteiger partial charge in [-0.05, 0) is 125 Å². The van der Waals surface area contributed by atoms with Crippen molar-refractivity contribution in [3.05, 3.63) is 47.2 Å². The number of nitrogens with zero attached hydrogens (tertiary/aromatic N) is 3. The molecule has 4 fully saturated rings. The van der Waals surface area contributed by atoms with Crippen LogP contribution in [0.1, 0.15) is 139 Å². The number of hydrogen-bond donors (Lipinski definition) is 5.